The molecule has 7 nitrogen and oxygen atoms in total. The number of rotatable bonds is 7. The second-order valence-electron chi connectivity index (χ2n) is 8.72. The molecule has 1 aliphatic rings. The van der Waals surface area contributed by atoms with Crippen LogP contribution in [0.1, 0.15) is 20.9 Å². The smallest absolute Gasteiger partial charge is 0.492 e. The third-order valence-corrected chi connectivity index (χ3v) is 8.41. The van der Waals surface area contributed by atoms with Crippen LogP contribution in [0.2, 0.25) is 5.02 Å². The number of nitrogens with one attached hydrogen (secondary N) is 1. The van der Waals surface area contributed by atoms with E-state index >= 15 is 0 Å². The fourth-order valence-electron chi connectivity index (χ4n) is 4.01. The van der Waals surface area contributed by atoms with E-state index in [4.69, 9.17) is 21.1 Å². The van der Waals surface area contributed by atoms with Gasteiger partial charge in [-0.3, -0.25) is 9.52 Å². The third-order valence-electron chi connectivity index (χ3n) is 5.93. The molecule has 1 aliphatic heterocycles. The molecule has 15 heteroatoms. The normalized spacial score (nSPS) is 15.6. The van der Waals surface area contributed by atoms with Gasteiger partial charge in [0.05, 0.1) is 28.3 Å². The van der Waals surface area contributed by atoms with Crippen LogP contribution in [0.15, 0.2) is 48.5 Å². The van der Waals surface area contributed by atoms with Crippen molar-refractivity contribution in [1.82, 2.24) is 4.98 Å². The fraction of sp³-hybridized carbons (Fsp3) is 0.200. The number of sulfonamides is 1. The molecule has 2 heterocycles. The molecule has 40 heavy (non-hydrogen) atoms. The van der Waals surface area contributed by atoms with Crippen molar-refractivity contribution in [1.29, 1.82) is 0 Å². The van der Waals surface area contributed by atoms with Crippen LogP contribution in [0.4, 0.5) is 27.6 Å². The maximum atomic E-state index is 13.5. The van der Waals surface area contributed by atoms with Gasteiger partial charge in [0, 0.05) is 16.8 Å². The van der Waals surface area contributed by atoms with E-state index in [0.717, 1.165) is 35.6 Å². The topological polar surface area (TPSA) is 94.6 Å². The van der Waals surface area contributed by atoms with Crippen LogP contribution in [0.3, 0.4) is 0 Å². The molecule has 0 spiro atoms. The van der Waals surface area contributed by atoms with Crippen LogP contribution in [0, 0.1) is 17.6 Å². The summed E-state index contributed by atoms with van der Waals surface area (Å²) in [6, 6.07) is 10.1. The van der Waals surface area contributed by atoms with Crippen molar-refractivity contribution in [2.24, 2.45) is 5.92 Å². The van der Waals surface area contributed by atoms with Crippen molar-refractivity contribution in [3.05, 3.63) is 81.3 Å². The molecular formula is C25H16ClF5N2O5S2. The first kappa shape index (κ1) is 28.1. The van der Waals surface area contributed by atoms with Crippen LogP contribution < -0.4 is 14.2 Å². The molecule has 0 amide bonds. The summed E-state index contributed by atoms with van der Waals surface area (Å²) in [6.45, 7) is -0.0736. The van der Waals surface area contributed by atoms with Gasteiger partial charge in [0.25, 0.3) is 0 Å². The SMILES string of the molecule is O=C1c2cc(OCc3nc4cc(F)c(F)cc4s3)ccc2OCC1Cc1cc(NS(=O)(=O)C(F)(F)F)ccc1Cl. The molecule has 1 aromatic heterocycles. The molecule has 0 fully saturated rings. The largest absolute Gasteiger partial charge is 0.516 e. The lowest BCUT2D eigenvalue weighted by atomic mass is 9.89. The highest BCUT2D eigenvalue weighted by Crippen LogP contribution is 2.35. The van der Waals surface area contributed by atoms with E-state index in [2.05, 4.69) is 4.98 Å². The van der Waals surface area contributed by atoms with E-state index in [9.17, 15) is 35.2 Å². The number of aromatic nitrogens is 1. The Labute approximate surface area is 232 Å². The van der Waals surface area contributed by atoms with Crippen LogP contribution in [-0.2, 0) is 23.1 Å². The minimum Gasteiger partial charge on any atom is -0.492 e. The van der Waals surface area contributed by atoms with Gasteiger partial charge < -0.3 is 9.47 Å². The molecular weight excluding hydrogens is 603 g/mol. The van der Waals surface area contributed by atoms with Gasteiger partial charge in [-0.05, 0) is 54.4 Å². The van der Waals surface area contributed by atoms with Crippen LogP contribution in [0.5, 0.6) is 11.5 Å². The van der Waals surface area contributed by atoms with Crippen LogP contribution in [-0.4, -0.2) is 31.3 Å². The van der Waals surface area contributed by atoms with E-state index in [1.165, 1.54) is 16.9 Å². The average Bonchev–Trinajstić information content (AvgIpc) is 3.27. The Morgan fingerprint density at radius 1 is 1.10 bits per heavy atom. The molecule has 0 aliphatic carbocycles. The molecule has 3 aromatic carbocycles. The van der Waals surface area contributed by atoms with Gasteiger partial charge in [-0.25, -0.2) is 13.8 Å². The number of anilines is 1. The van der Waals surface area contributed by atoms with E-state index in [-0.39, 0.29) is 52.8 Å². The van der Waals surface area contributed by atoms with Crippen molar-refractivity contribution in [2.45, 2.75) is 18.5 Å². The number of Topliss-reactive ketones (excluding diaryl/α,β-unsaturated/α-hetero) is 1. The third kappa shape index (κ3) is 5.69. The summed E-state index contributed by atoms with van der Waals surface area (Å²) < 4.78 is 101. The quantitative estimate of drug-likeness (QED) is 0.238. The molecule has 0 radical (unpaired) electrons. The number of ketones is 1. The van der Waals surface area contributed by atoms with Gasteiger partial charge in [0.2, 0.25) is 0 Å². The second kappa shape index (κ2) is 10.5. The second-order valence-corrected chi connectivity index (χ2v) is 11.9. The lowest BCUT2D eigenvalue weighted by Crippen LogP contribution is -2.30. The van der Waals surface area contributed by atoms with Gasteiger partial charge >= 0.3 is 15.5 Å². The summed E-state index contributed by atoms with van der Waals surface area (Å²) in [5.41, 5.74) is -5.14. The highest BCUT2D eigenvalue weighted by Gasteiger charge is 2.46. The van der Waals surface area contributed by atoms with Crippen molar-refractivity contribution in [3.63, 3.8) is 0 Å². The number of carbonyl (C=O) groups is 1. The first-order valence-electron chi connectivity index (χ1n) is 11.4. The first-order chi connectivity index (χ1) is 18.8. The highest BCUT2D eigenvalue weighted by atomic mass is 35.5. The summed E-state index contributed by atoms with van der Waals surface area (Å²) in [4.78, 5) is 17.5. The Balaban J connectivity index is 1.30. The molecule has 0 saturated carbocycles. The van der Waals surface area contributed by atoms with Crippen molar-refractivity contribution < 1.29 is 44.6 Å². The lowest BCUT2D eigenvalue weighted by molar-refractivity contribution is -0.0429. The van der Waals surface area contributed by atoms with Crippen molar-refractivity contribution >= 4 is 54.6 Å². The van der Waals surface area contributed by atoms with E-state index in [0.29, 0.717) is 21.2 Å². The summed E-state index contributed by atoms with van der Waals surface area (Å²) >= 11 is 7.30. The summed E-state index contributed by atoms with van der Waals surface area (Å²) in [5.74, 6) is -2.50. The highest BCUT2D eigenvalue weighted by molar-refractivity contribution is 7.93. The summed E-state index contributed by atoms with van der Waals surface area (Å²) in [6.07, 6.45) is -0.0391. The first-order valence-corrected chi connectivity index (χ1v) is 14.0. The Hall–Kier alpha value is -3.49. The standard InChI is InChI=1S/C25H16ClF5N2O5S2/c26-17-3-1-14(33-40(35,36)25(29,30)31)6-12(17)5-13-10-38-21-4-2-15(7-16(21)24(13)34)37-11-23-32-20-8-18(27)19(28)9-22(20)39-23/h1-4,6-9,13,33H,5,10-11H2. The average molecular weight is 619 g/mol. The zero-order chi connectivity index (χ0) is 28.8. The van der Waals surface area contributed by atoms with Gasteiger partial charge in [0.15, 0.2) is 17.4 Å². The maximum absolute atomic E-state index is 13.5. The van der Waals surface area contributed by atoms with E-state index in [1.807, 2.05) is 0 Å². The number of carbonyl (C=O) groups excluding carboxylic acids is 1. The number of benzene rings is 3. The van der Waals surface area contributed by atoms with Crippen LogP contribution >= 0.6 is 22.9 Å². The Bertz CT molecular complexity index is 1700. The lowest BCUT2D eigenvalue weighted by Gasteiger charge is -2.25. The molecule has 1 N–H and O–H groups in total. The maximum Gasteiger partial charge on any atom is 0.516 e. The summed E-state index contributed by atoms with van der Waals surface area (Å²) in [5, 5.41) is 0.579. The van der Waals surface area contributed by atoms with E-state index < -0.39 is 33.1 Å². The van der Waals surface area contributed by atoms with Crippen molar-refractivity contribution in [3.8, 4) is 11.5 Å². The number of hydrogen-bond donors (Lipinski definition) is 1. The molecule has 1 atom stereocenters. The van der Waals surface area contributed by atoms with Crippen LogP contribution in [0.25, 0.3) is 10.2 Å². The molecule has 210 valence electrons. The zero-order valence-electron chi connectivity index (χ0n) is 19.9. The minimum absolute atomic E-state index is 0.0317. The number of halogens is 6. The molecule has 5 rings (SSSR count). The number of nitrogens with zero attached hydrogens (tertiary/aromatic N) is 1. The summed E-state index contributed by atoms with van der Waals surface area (Å²) in [7, 11) is -5.64. The molecule has 1 unspecified atom stereocenters. The number of hydrogen-bond acceptors (Lipinski definition) is 7. The predicted octanol–water partition coefficient (Wildman–Crippen LogP) is 6.50. The van der Waals surface area contributed by atoms with Gasteiger partial charge in [0.1, 0.15) is 23.1 Å². The monoisotopic (exact) mass is 618 g/mol. The number of alkyl halides is 3. The fourth-order valence-corrected chi connectivity index (χ4v) is 5.64. The Morgan fingerprint density at radius 3 is 2.60 bits per heavy atom. The molecule has 0 saturated heterocycles. The van der Waals surface area contributed by atoms with Crippen molar-refractivity contribution in [2.75, 3.05) is 11.3 Å². The molecule has 4 aromatic rings. The Kier molecular flexibility index (Phi) is 7.35. The van der Waals surface area contributed by atoms with Gasteiger partial charge in [-0.1, -0.05) is 11.6 Å². The number of fused-ring (bicyclic) bond motifs is 2. The zero-order valence-corrected chi connectivity index (χ0v) is 22.3. The molecule has 0 bridgehead atoms. The predicted molar refractivity (Wildman–Crippen MR) is 137 cm³/mol. The van der Waals surface area contributed by atoms with Gasteiger partial charge in [-0.2, -0.15) is 21.6 Å². The van der Waals surface area contributed by atoms with E-state index in [1.54, 1.807) is 12.1 Å². The Morgan fingerprint density at radius 2 is 1.85 bits per heavy atom. The van der Waals surface area contributed by atoms with Gasteiger partial charge in [-0.15, -0.1) is 11.3 Å². The number of ether oxygens (including phenoxy) is 2. The number of thiazole rings is 1. The minimum atomic E-state index is -5.64.